The van der Waals surface area contributed by atoms with E-state index in [2.05, 4.69) is 17.3 Å². The van der Waals surface area contributed by atoms with Crippen LogP contribution in [-0.4, -0.2) is 16.3 Å². The Labute approximate surface area is 121 Å². The molecule has 0 spiro atoms. The minimum Gasteiger partial charge on any atom is -0.311 e. The number of nitrogens with one attached hydrogen (secondary N) is 1. The summed E-state index contributed by atoms with van der Waals surface area (Å²) in [6, 6.07) is 0. The first-order chi connectivity index (χ1) is 9.22. The lowest BCUT2D eigenvalue weighted by Gasteiger charge is -2.21. The van der Waals surface area contributed by atoms with Crippen molar-refractivity contribution in [1.29, 1.82) is 0 Å². The maximum Gasteiger partial charge on any atom is 0.0860 e. The third-order valence-corrected chi connectivity index (χ3v) is 4.69. The molecular weight excluding hydrogens is 258 g/mol. The summed E-state index contributed by atoms with van der Waals surface area (Å²) < 4.78 is 2.01. The normalized spacial score (nSPS) is 17.0. The second kappa shape index (κ2) is 7.30. The summed E-state index contributed by atoms with van der Waals surface area (Å²) in [5.41, 5.74) is 2.07. The second-order valence-electron chi connectivity index (χ2n) is 5.63. The molecule has 0 saturated heterocycles. The van der Waals surface area contributed by atoms with Crippen molar-refractivity contribution in [3.63, 3.8) is 0 Å². The van der Waals surface area contributed by atoms with Crippen molar-refractivity contribution in [2.24, 2.45) is 5.92 Å². The van der Waals surface area contributed by atoms with Gasteiger partial charge in [-0.3, -0.25) is 4.68 Å². The van der Waals surface area contributed by atoms with E-state index in [1.807, 2.05) is 11.6 Å². The van der Waals surface area contributed by atoms with E-state index in [1.54, 1.807) is 0 Å². The first-order valence-corrected chi connectivity index (χ1v) is 8.02. The van der Waals surface area contributed by atoms with Gasteiger partial charge < -0.3 is 5.32 Å². The average molecular weight is 284 g/mol. The highest BCUT2D eigenvalue weighted by atomic mass is 35.5. The van der Waals surface area contributed by atoms with E-state index in [-0.39, 0.29) is 0 Å². The summed E-state index contributed by atoms with van der Waals surface area (Å²) in [5.74, 6) is 0.939. The highest BCUT2D eigenvalue weighted by Crippen LogP contribution is 2.26. The van der Waals surface area contributed by atoms with Gasteiger partial charge >= 0.3 is 0 Å². The number of hydrogen-bond donors (Lipinski definition) is 1. The van der Waals surface area contributed by atoms with Gasteiger partial charge in [0.25, 0.3) is 0 Å². The molecule has 1 aromatic rings. The van der Waals surface area contributed by atoms with Crippen LogP contribution in [0.15, 0.2) is 0 Å². The Hall–Kier alpha value is -0.540. The molecule has 0 bridgehead atoms. The summed E-state index contributed by atoms with van der Waals surface area (Å²) in [5, 5.41) is 8.80. The number of nitrogens with zero attached hydrogens (tertiary/aromatic N) is 2. The summed E-state index contributed by atoms with van der Waals surface area (Å²) in [6.45, 7) is 6.89. The Balaban J connectivity index is 1.76. The standard InChI is InChI=1S/C15H26ClN3/c1-3-19-14(15(16)12(2)18-19)11-17-10-9-13-7-5-4-6-8-13/h13,17H,3-11H2,1-2H3. The number of aromatic nitrogens is 2. The molecule has 0 amide bonds. The number of hydrogen-bond acceptors (Lipinski definition) is 2. The third-order valence-electron chi connectivity index (χ3n) is 4.20. The van der Waals surface area contributed by atoms with Crippen LogP contribution in [0.1, 0.15) is 56.8 Å². The SMILES string of the molecule is CCn1nc(C)c(Cl)c1CNCCC1CCCCC1. The average Bonchev–Trinajstić information content (AvgIpc) is 2.72. The van der Waals surface area contributed by atoms with Gasteiger partial charge in [0, 0.05) is 13.1 Å². The molecule has 1 fully saturated rings. The van der Waals surface area contributed by atoms with Crippen LogP contribution in [0, 0.1) is 12.8 Å². The summed E-state index contributed by atoms with van der Waals surface area (Å²) in [4.78, 5) is 0. The fraction of sp³-hybridized carbons (Fsp3) is 0.800. The highest BCUT2D eigenvalue weighted by molar-refractivity contribution is 6.31. The van der Waals surface area contributed by atoms with E-state index in [0.29, 0.717) is 0 Å². The van der Waals surface area contributed by atoms with Gasteiger partial charge in [-0.05, 0) is 32.7 Å². The van der Waals surface area contributed by atoms with Crippen LogP contribution in [0.25, 0.3) is 0 Å². The fourth-order valence-corrected chi connectivity index (χ4v) is 3.23. The van der Waals surface area contributed by atoms with Gasteiger partial charge in [0.2, 0.25) is 0 Å². The molecular formula is C15H26ClN3. The van der Waals surface area contributed by atoms with E-state index >= 15 is 0 Å². The van der Waals surface area contributed by atoms with Gasteiger partial charge in [0.05, 0.1) is 16.4 Å². The van der Waals surface area contributed by atoms with Crippen LogP contribution >= 0.6 is 11.6 Å². The Morgan fingerprint density at radius 3 is 2.74 bits per heavy atom. The number of halogens is 1. The minimum absolute atomic E-state index is 0.826. The quantitative estimate of drug-likeness (QED) is 0.802. The molecule has 108 valence electrons. The molecule has 1 N–H and O–H groups in total. The van der Waals surface area contributed by atoms with E-state index in [0.717, 1.165) is 42.0 Å². The summed E-state index contributed by atoms with van der Waals surface area (Å²) in [6.07, 6.45) is 8.45. The molecule has 0 aromatic carbocycles. The van der Waals surface area contributed by atoms with Crippen molar-refractivity contribution in [1.82, 2.24) is 15.1 Å². The molecule has 1 saturated carbocycles. The predicted molar refractivity (Wildman–Crippen MR) is 80.5 cm³/mol. The molecule has 0 aliphatic heterocycles. The molecule has 0 radical (unpaired) electrons. The molecule has 0 unspecified atom stereocenters. The van der Waals surface area contributed by atoms with Crippen molar-refractivity contribution in [3.05, 3.63) is 16.4 Å². The summed E-state index contributed by atoms with van der Waals surface area (Å²) >= 11 is 6.30. The van der Waals surface area contributed by atoms with E-state index in [9.17, 15) is 0 Å². The fourth-order valence-electron chi connectivity index (χ4n) is 3.03. The molecule has 3 nitrogen and oxygen atoms in total. The first kappa shape index (κ1) is 14.9. The zero-order valence-corrected chi connectivity index (χ0v) is 13.0. The van der Waals surface area contributed by atoms with E-state index < -0.39 is 0 Å². The molecule has 1 aliphatic carbocycles. The van der Waals surface area contributed by atoms with Gasteiger partial charge in [-0.25, -0.2) is 0 Å². The number of rotatable bonds is 6. The molecule has 1 aliphatic rings. The van der Waals surface area contributed by atoms with Gasteiger partial charge in [0.15, 0.2) is 0 Å². The van der Waals surface area contributed by atoms with Crippen LogP contribution < -0.4 is 5.32 Å². The molecule has 1 aromatic heterocycles. The van der Waals surface area contributed by atoms with Crippen molar-refractivity contribution in [2.75, 3.05) is 6.54 Å². The zero-order valence-electron chi connectivity index (χ0n) is 12.2. The lowest BCUT2D eigenvalue weighted by atomic mass is 9.87. The maximum absolute atomic E-state index is 6.30. The first-order valence-electron chi connectivity index (χ1n) is 7.64. The zero-order chi connectivity index (χ0) is 13.7. The van der Waals surface area contributed by atoms with Crippen molar-refractivity contribution < 1.29 is 0 Å². The largest absolute Gasteiger partial charge is 0.311 e. The molecule has 1 heterocycles. The van der Waals surface area contributed by atoms with Gasteiger partial charge in [-0.1, -0.05) is 43.7 Å². The van der Waals surface area contributed by atoms with Crippen molar-refractivity contribution in [3.8, 4) is 0 Å². The topological polar surface area (TPSA) is 29.9 Å². The van der Waals surface area contributed by atoms with E-state index in [1.165, 1.54) is 38.5 Å². The maximum atomic E-state index is 6.30. The lowest BCUT2D eigenvalue weighted by Crippen LogP contribution is -2.21. The molecule has 19 heavy (non-hydrogen) atoms. The lowest BCUT2D eigenvalue weighted by molar-refractivity contribution is 0.333. The monoisotopic (exact) mass is 283 g/mol. The molecule has 2 rings (SSSR count). The van der Waals surface area contributed by atoms with Crippen LogP contribution in [0.3, 0.4) is 0 Å². The van der Waals surface area contributed by atoms with Crippen molar-refractivity contribution >= 4 is 11.6 Å². The Morgan fingerprint density at radius 1 is 1.32 bits per heavy atom. The van der Waals surface area contributed by atoms with Crippen LogP contribution in [0.2, 0.25) is 5.02 Å². The van der Waals surface area contributed by atoms with Crippen molar-refractivity contribution in [2.45, 2.75) is 65.5 Å². The highest BCUT2D eigenvalue weighted by Gasteiger charge is 2.14. The van der Waals surface area contributed by atoms with Crippen LogP contribution in [0.4, 0.5) is 0 Å². The van der Waals surface area contributed by atoms with Gasteiger partial charge in [-0.15, -0.1) is 0 Å². The summed E-state index contributed by atoms with van der Waals surface area (Å²) in [7, 11) is 0. The minimum atomic E-state index is 0.826. The molecule has 4 heteroatoms. The van der Waals surface area contributed by atoms with Gasteiger partial charge in [0.1, 0.15) is 0 Å². The van der Waals surface area contributed by atoms with Gasteiger partial charge in [-0.2, -0.15) is 5.10 Å². The second-order valence-corrected chi connectivity index (χ2v) is 6.01. The Kier molecular flexibility index (Phi) is 5.71. The van der Waals surface area contributed by atoms with Crippen LogP contribution in [-0.2, 0) is 13.1 Å². The smallest absolute Gasteiger partial charge is 0.0860 e. The third kappa shape index (κ3) is 3.96. The van der Waals surface area contributed by atoms with E-state index in [4.69, 9.17) is 11.6 Å². The Morgan fingerprint density at radius 2 is 2.05 bits per heavy atom. The molecule has 0 atom stereocenters. The number of aryl methyl sites for hydroxylation is 2. The Bertz CT molecular complexity index is 394. The van der Waals surface area contributed by atoms with Crippen LogP contribution in [0.5, 0.6) is 0 Å². The predicted octanol–water partition coefficient (Wildman–Crippen LogP) is 3.92.